The van der Waals surface area contributed by atoms with E-state index in [9.17, 15) is 24.3 Å². The highest BCUT2D eigenvalue weighted by Crippen LogP contribution is 2.31. The molecule has 0 unspecified atom stereocenters. The van der Waals surface area contributed by atoms with Crippen molar-refractivity contribution in [3.8, 4) is 0 Å². The van der Waals surface area contributed by atoms with Crippen LogP contribution < -0.4 is 10.6 Å². The zero-order valence-corrected chi connectivity index (χ0v) is 33.0. The lowest BCUT2D eigenvalue weighted by atomic mass is 9.92. The number of carboxylic acid groups (broad SMARTS) is 1. The maximum absolute atomic E-state index is 14.2. The van der Waals surface area contributed by atoms with Gasteiger partial charge in [-0.1, -0.05) is 83.9 Å². The highest BCUT2D eigenvalue weighted by molar-refractivity contribution is 7.09. The number of benzene rings is 1. The van der Waals surface area contributed by atoms with Gasteiger partial charge in [0.1, 0.15) is 22.8 Å². The monoisotopic (exact) mass is 739 g/mol. The molecule has 3 amide bonds. The van der Waals surface area contributed by atoms with Gasteiger partial charge in [-0.2, -0.15) is 0 Å². The number of likely N-dealkylation sites (tertiary alicyclic amines) is 1. The van der Waals surface area contributed by atoms with Crippen LogP contribution >= 0.6 is 11.3 Å². The number of aryl methyl sites for hydroxylation is 1. The molecular weight excluding hydrogens is 679 g/mol. The first-order chi connectivity index (χ1) is 24.8. The Bertz CT molecular complexity index is 1450. The number of piperidine rings is 1. The van der Waals surface area contributed by atoms with Crippen LogP contribution in [0.4, 0.5) is 0 Å². The summed E-state index contributed by atoms with van der Waals surface area (Å²) in [6.45, 7) is 14.7. The van der Waals surface area contributed by atoms with Gasteiger partial charge in [-0.3, -0.25) is 24.1 Å². The number of nitrogens with one attached hydrogen (secondary N) is 2. The number of hydrogen-bond donors (Lipinski definition) is 3. The van der Waals surface area contributed by atoms with E-state index in [4.69, 9.17) is 9.72 Å². The SMILES string of the molecule is C=CCO[C@H](C[C@H](C(C)C)N(C)C(=O)[C@@H](NC(=O)[C@H]1CCCCN1C)[C@@H](C)CC)c1nc(C(=O)N[C@@H](CCc2ccccc2)C[C@H](C)C(=O)O)cs1. The topological polar surface area (TPSA) is 141 Å². The fourth-order valence-corrected chi connectivity index (χ4v) is 7.66. The third-order valence-corrected chi connectivity index (χ3v) is 11.3. The Morgan fingerprint density at radius 3 is 2.44 bits per heavy atom. The Labute approximate surface area is 314 Å². The second kappa shape index (κ2) is 21.2. The van der Waals surface area contributed by atoms with Crippen molar-refractivity contribution in [3.63, 3.8) is 0 Å². The molecule has 1 aromatic carbocycles. The molecule has 12 heteroatoms. The molecule has 3 N–H and O–H groups in total. The lowest BCUT2D eigenvalue weighted by Crippen LogP contribution is -2.58. The predicted molar refractivity (Wildman–Crippen MR) is 206 cm³/mol. The number of thiazole rings is 1. The average Bonchev–Trinajstić information content (AvgIpc) is 3.63. The summed E-state index contributed by atoms with van der Waals surface area (Å²) < 4.78 is 6.23. The van der Waals surface area contributed by atoms with Crippen molar-refractivity contribution in [1.82, 2.24) is 25.4 Å². The van der Waals surface area contributed by atoms with Crippen LogP contribution in [0.25, 0.3) is 0 Å². The second-order valence-corrected chi connectivity index (χ2v) is 15.6. The van der Waals surface area contributed by atoms with Gasteiger partial charge < -0.3 is 25.4 Å². The van der Waals surface area contributed by atoms with E-state index in [1.54, 1.807) is 30.3 Å². The number of hydrogen-bond acceptors (Lipinski definition) is 8. The van der Waals surface area contributed by atoms with Crippen LogP contribution in [-0.2, 0) is 25.5 Å². The molecule has 2 heterocycles. The van der Waals surface area contributed by atoms with E-state index in [-0.39, 0.29) is 60.0 Å². The summed E-state index contributed by atoms with van der Waals surface area (Å²) in [4.78, 5) is 61.4. The Hall–Kier alpha value is -3.61. The minimum atomic E-state index is -0.907. The summed E-state index contributed by atoms with van der Waals surface area (Å²) in [6.07, 6.45) is 6.69. The predicted octanol–water partition coefficient (Wildman–Crippen LogP) is 6.12. The summed E-state index contributed by atoms with van der Waals surface area (Å²) in [5, 5.41) is 18.0. The summed E-state index contributed by atoms with van der Waals surface area (Å²) in [5.41, 5.74) is 1.35. The van der Waals surface area contributed by atoms with Crippen molar-refractivity contribution < 1.29 is 29.0 Å². The van der Waals surface area contributed by atoms with Crippen LogP contribution in [0, 0.1) is 17.8 Å². The number of ether oxygens (including phenoxy) is 1. The van der Waals surface area contributed by atoms with Crippen molar-refractivity contribution in [2.45, 2.75) is 116 Å². The third-order valence-electron chi connectivity index (χ3n) is 10.4. The van der Waals surface area contributed by atoms with Gasteiger partial charge in [0, 0.05) is 30.9 Å². The number of nitrogens with zero attached hydrogens (tertiary/aromatic N) is 3. The summed E-state index contributed by atoms with van der Waals surface area (Å²) in [5.74, 6) is -2.17. The van der Waals surface area contributed by atoms with Crippen LogP contribution in [0.2, 0.25) is 0 Å². The fourth-order valence-electron chi connectivity index (χ4n) is 6.80. The Balaban J connectivity index is 1.78. The molecular formula is C40H61N5O6S. The molecule has 0 aliphatic carbocycles. The first-order valence-corrected chi connectivity index (χ1v) is 19.7. The molecule has 0 saturated carbocycles. The van der Waals surface area contributed by atoms with E-state index in [1.807, 2.05) is 51.2 Å². The molecule has 11 nitrogen and oxygen atoms in total. The largest absolute Gasteiger partial charge is 0.481 e. The molecule has 0 bridgehead atoms. The van der Waals surface area contributed by atoms with Crippen LogP contribution in [0.15, 0.2) is 48.4 Å². The summed E-state index contributed by atoms with van der Waals surface area (Å²) in [6, 6.07) is 8.36. The van der Waals surface area contributed by atoms with Gasteiger partial charge in [0.2, 0.25) is 11.8 Å². The van der Waals surface area contributed by atoms with Gasteiger partial charge in [0.05, 0.1) is 18.6 Å². The number of carbonyl (C=O) groups excluding carboxylic acids is 3. The summed E-state index contributed by atoms with van der Waals surface area (Å²) in [7, 11) is 3.76. The number of carboxylic acids is 1. The van der Waals surface area contributed by atoms with Gasteiger partial charge in [-0.05, 0) is 63.1 Å². The van der Waals surface area contributed by atoms with Crippen LogP contribution in [-0.4, -0.2) is 95.0 Å². The fraction of sp³-hybridized carbons (Fsp3) is 0.625. The van der Waals surface area contributed by atoms with Crippen molar-refractivity contribution in [2.75, 3.05) is 27.2 Å². The molecule has 288 valence electrons. The van der Waals surface area contributed by atoms with Crippen LogP contribution in [0.1, 0.15) is 107 Å². The molecule has 1 aliphatic heterocycles. The van der Waals surface area contributed by atoms with E-state index in [1.165, 1.54) is 11.3 Å². The number of aromatic nitrogens is 1. The Kier molecular flexibility index (Phi) is 17.4. The van der Waals surface area contributed by atoms with Crippen molar-refractivity contribution in [1.29, 1.82) is 0 Å². The van der Waals surface area contributed by atoms with Gasteiger partial charge in [-0.25, -0.2) is 4.98 Å². The molecule has 2 aromatic rings. The van der Waals surface area contributed by atoms with E-state index in [2.05, 4.69) is 36.0 Å². The zero-order valence-electron chi connectivity index (χ0n) is 32.2. The Morgan fingerprint density at radius 1 is 1.12 bits per heavy atom. The number of rotatable bonds is 21. The lowest BCUT2D eigenvalue weighted by molar-refractivity contribution is -0.141. The van der Waals surface area contributed by atoms with E-state index >= 15 is 0 Å². The molecule has 1 fully saturated rings. The first kappa shape index (κ1) is 42.8. The number of carbonyl (C=O) groups is 4. The van der Waals surface area contributed by atoms with E-state index in [0.717, 1.165) is 37.8 Å². The second-order valence-electron chi connectivity index (χ2n) is 14.7. The van der Waals surface area contributed by atoms with Gasteiger partial charge in [0.15, 0.2) is 0 Å². The maximum atomic E-state index is 14.2. The zero-order chi connectivity index (χ0) is 38.4. The van der Waals surface area contributed by atoms with Crippen LogP contribution in [0.5, 0.6) is 0 Å². The van der Waals surface area contributed by atoms with Crippen molar-refractivity contribution in [3.05, 3.63) is 64.6 Å². The van der Waals surface area contributed by atoms with Gasteiger partial charge >= 0.3 is 5.97 Å². The highest BCUT2D eigenvalue weighted by atomic mass is 32.1. The molecule has 0 radical (unpaired) electrons. The first-order valence-electron chi connectivity index (χ1n) is 18.8. The average molecular weight is 740 g/mol. The molecule has 3 rings (SSSR count). The van der Waals surface area contributed by atoms with Crippen molar-refractivity contribution in [2.24, 2.45) is 17.8 Å². The highest BCUT2D eigenvalue weighted by Gasteiger charge is 2.37. The molecule has 0 spiro atoms. The Morgan fingerprint density at radius 2 is 1.83 bits per heavy atom. The maximum Gasteiger partial charge on any atom is 0.306 e. The number of amides is 3. The standard InChI is InChI=1S/C40H61N5O6S/c1-9-22-51-34(24-33(26(3)4)45(8)39(48)35(27(5)10-2)43-37(47)32-18-14-15-21-44(32)7)38-42-31(25-52-38)36(46)41-30(23-28(6)40(49)50)20-19-29-16-12-11-13-17-29/h9,11-13,16-17,25-28,30,32-35H,1,10,14-15,18-24H2,2-8H3,(H,41,46)(H,43,47)(H,49,50)/t27-,28-,30-,32+,33+,34+,35-/m0/s1. The minimum Gasteiger partial charge on any atom is -0.481 e. The minimum absolute atomic E-state index is 0.0471. The molecule has 1 aliphatic rings. The van der Waals surface area contributed by atoms with Crippen molar-refractivity contribution >= 4 is 35.0 Å². The summed E-state index contributed by atoms with van der Waals surface area (Å²) >= 11 is 1.32. The lowest BCUT2D eigenvalue weighted by Gasteiger charge is -2.38. The van der Waals surface area contributed by atoms with Gasteiger partial charge in [0.25, 0.3) is 5.91 Å². The normalized spacial score (nSPS) is 18.4. The quantitative estimate of drug-likeness (QED) is 0.130. The van der Waals surface area contributed by atoms with E-state index in [0.29, 0.717) is 30.7 Å². The molecule has 1 saturated heterocycles. The van der Waals surface area contributed by atoms with E-state index < -0.39 is 24.0 Å². The smallest absolute Gasteiger partial charge is 0.306 e. The number of likely N-dealkylation sites (N-methyl/N-ethyl adjacent to an activating group) is 2. The molecule has 7 atom stereocenters. The molecule has 1 aromatic heterocycles. The third kappa shape index (κ3) is 12.5. The number of aliphatic carboxylic acids is 1. The molecule has 52 heavy (non-hydrogen) atoms. The van der Waals surface area contributed by atoms with Crippen LogP contribution in [0.3, 0.4) is 0 Å². The van der Waals surface area contributed by atoms with Gasteiger partial charge in [-0.15, -0.1) is 17.9 Å².